The average Bonchev–Trinajstić information content (AvgIpc) is 2.27. The normalized spacial score (nSPS) is 11.3. The molecule has 0 aliphatic carbocycles. The second kappa shape index (κ2) is 5.80. The van der Waals surface area contributed by atoms with Crippen LogP contribution in [0.1, 0.15) is 5.56 Å². The van der Waals surface area contributed by atoms with Crippen LogP contribution in [0.15, 0.2) is 18.2 Å². The standard InChI is InChI=1S/C11H14FN3O2S/c1-15(2)18(16,17)4-3-14-11-6-9(8-13)5-10(12)7-11/h5-7,14H,3-4H2,1-2H3. The highest BCUT2D eigenvalue weighted by atomic mass is 32.2. The van der Waals surface area contributed by atoms with Gasteiger partial charge in [0.25, 0.3) is 0 Å². The molecule has 0 fully saturated rings. The Morgan fingerprint density at radius 3 is 2.61 bits per heavy atom. The van der Waals surface area contributed by atoms with Crippen molar-refractivity contribution in [3.05, 3.63) is 29.6 Å². The highest BCUT2D eigenvalue weighted by Gasteiger charge is 2.12. The summed E-state index contributed by atoms with van der Waals surface area (Å²) in [7, 11) is -0.383. The molecule has 7 heteroatoms. The maximum Gasteiger partial charge on any atom is 0.215 e. The Morgan fingerprint density at radius 2 is 2.06 bits per heavy atom. The molecule has 0 radical (unpaired) electrons. The summed E-state index contributed by atoms with van der Waals surface area (Å²) in [6.07, 6.45) is 0. The molecule has 1 rings (SSSR count). The molecule has 1 aromatic rings. The van der Waals surface area contributed by atoms with Gasteiger partial charge in [-0.2, -0.15) is 5.26 Å². The molecule has 0 heterocycles. The zero-order chi connectivity index (χ0) is 13.8. The van der Waals surface area contributed by atoms with Crippen LogP contribution < -0.4 is 5.32 Å². The summed E-state index contributed by atoms with van der Waals surface area (Å²) in [5.41, 5.74) is 0.577. The lowest BCUT2D eigenvalue weighted by Gasteiger charge is -2.12. The van der Waals surface area contributed by atoms with Crippen LogP contribution in [0.3, 0.4) is 0 Å². The molecule has 0 unspecified atom stereocenters. The first-order valence-corrected chi connectivity index (χ1v) is 6.81. The Kier molecular flexibility index (Phi) is 4.64. The number of benzene rings is 1. The summed E-state index contributed by atoms with van der Waals surface area (Å²) in [5, 5.41) is 11.4. The van der Waals surface area contributed by atoms with Gasteiger partial charge in [-0.1, -0.05) is 0 Å². The Morgan fingerprint density at radius 1 is 1.39 bits per heavy atom. The van der Waals surface area contributed by atoms with Gasteiger partial charge in [-0.05, 0) is 18.2 Å². The fourth-order valence-corrected chi connectivity index (χ4v) is 1.99. The number of nitriles is 1. The third-order valence-electron chi connectivity index (χ3n) is 2.27. The second-order valence-electron chi connectivity index (χ2n) is 3.87. The number of hydrogen-bond acceptors (Lipinski definition) is 4. The van der Waals surface area contributed by atoms with Crippen molar-refractivity contribution < 1.29 is 12.8 Å². The van der Waals surface area contributed by atoms with Crippen molar-refractivity contribution in [1.82, 2.24) is 4.31 Å². The van der Waals surface area contributed by atoms with Crippen LogP contribution in [0, 0.1) is 17.1 Å². The van der Waals surface area contributed by atoms with Crippen LogP contribution in [0.4, 0.5) is 10.1 Å². The lowest BCUT2D eigenvalue weighted by molar-refractivity contribution is 0.521. The number of rotatable bonds is 5. The predicted molar refractivity (Wildman–Crippen MR) is 67.1 cm³/mol. The fraction of sp³-hybridized carbons (Fsp3) is 0.364. The third kappa shape index (κ3) is 3.98. The van der Waals surface area contributed by atoms with E-state index in [1.807, 2.05) is 6.07 Å². The number of sulfonamides is 1. The van der Waals surface area contributed by atoms with Gasteiger partial charge in [0.05, 0.1) is 17.4 Å². The van der Waals surface area contributed by atoms with Gasteiger partial charge in [-0.3, -0.25) is 0 Å². The molecule has 0 atom stereocenters. The lowest BCUT2D eigenvalue weighted by atomic mass is 10.2. The van der Waals surface area contributed by atoms with Gasteiger partial charge in [-0.15, -0.1) is 0 Å². The number of nitrogens with one attached hydrogen (secondary N) is 1. The van der Waals surface area contributed by atoms with Gasteiger partial charge in [0.15, 0.2) is 0 Å². The van der Waals surface area contributed by atoms with Gasteiger partial charge in [0.1, 0.15) is 5.82 Å². The molecular weight excluding hydrogens is 257 g/mol. The molecule has 1 N–H and O–H groups in total. The quantitative estimate of drug-likeness (QED) is 0.867. The highest BCUT2D eigenvalue weighted by molar-refractivity contribution is 7.89. The third-order valence-corrected chi connectivity index (χ3v) is 4.11. The summed E-state index contributed by atoms with van der Waals surface area (Å²) in [4.78, 5) is 0. The number of halogens is 1. The van der Waals surface area contributed by atoms with Crippen molar-refractivity contribution in [2.24, 2.45) is 0 Å². The van der Waals surface area contributed by atoms with Crippen molar-refractivity contribution in [2.45, 2.75) is 0 Å². The Hall–Kier alpha value is -1.65. The van der Waals surface area contributed by atoms with Gasteiger partial charge < -0.3 is 5.32 Å². The van der Waals surface area contributed by atoms with Gasteiger partial charge in [-0.25, -0.2) is 17.1 Å². The molecule has 0 saturated heterocycles. The molecular formula is C11H14FN3O2S. The zero-order valence-corrected chi connectivity index (χ0v) is 11.0. The maximum atomic E-state index is 13.1. The molecule has 0 bridgehead atoms. The van der Waals surface area contributed by atoms with E-state index in [2.05, 4.69) is 5.32 Å². The first-order valence-electron chi connectivity index (χ1n) is 5.20. The van der Waals surface area contributed by atoms with Gasteiger partial charge in [0, 0.05) is 26.3 Å². The van der Waals surface area contributed by atoms with Crippen LogP contribution in [0.2, 0.25) is 0 Å². The van der Waals surface area contributed by atoms with E-state index in [-0.39, 0.29) is 17.9 Å². The summed E-state index contributed by atoms with van der Waals surface area (Å²) >= 11 is 0. The van der Waals surface area contributed by atoms with Crippen molar-refractivity contribution >= 4 is 15.7 Å². The van der Waals surface area contributed by atoms with Crippen molar-refractivity contribution in [3.8, 4) is 6.07 Å². The average molecular weight is 271 g/mol. The predicted octanol–water partition coefficient (Wildman–Crippen LogP) is 1.00. The Balaban J connectivity index is 2.66. The van der Waals surface area contributed by atoms with Crippen LogP contribution in [0.5, 0.6) is 0 Å². The largest absolute Gasteiger partial charge is 0.384 e. The number of hydrogen-bond donors (Lipinski definition) is 1. The monoisotopic (exact) mass is 271 g/mol. The van der Waals surface area contributed by atoms with E-state index >= 15 is 0 Å². The molecule has 0 aliphatic rings. The zero-order valence-electron chi connectivity index (χ0n) is 10.1. The lowest BCUT2D eigenvalue weighted by Crippen LogP contribution is -2.28. The van der Waals surface area contributed by atoms with Crippen molar-refractivity contribution in [3.63, 3.8) is 0 Å². The molecule has 1 aromatic carbocycles. The molecule has 98 valence electrons. The number of nitrogens with zero attached hydrogens (tertiary/aromatic N) is 2. The van der Waals surface area contributed by atoms with Crippen molar-refractivity contribution in [2.75, 3.05) is 31.7 Å². The SMILES string of the molecule is CN(C)S(=O)(=O)CCNc1cc(F)cc(C#N)c1. The smallest absolute Gasteiger partial charge is 0.215 e. The minimum Gasteiger partial charge on any atom is -0.384 e. The Bertz CT molecular complexity index is 564. The molecule has 0 amide bonds. The molecule has 0 saturated carbocycles. The van der Waals surface area contributed by atoms with E-state index < -0.39 is 15.8 Å². The Labute approximate surface area is 106 Å². The van der Waals surface area contributed by atoms with E-state index in [1.165, 1.54) is 26.2 Å². The highest BCUT2D eigenvalue weighted by Crippen LogP contribution is 2.13. The topological polar surface area (TPSA) is 73.2 Å². The fourth-order valence-electron chi connectivity index (χ4n) is 1.26. The van der Waals surface area contributed by atoms with Crippen LogP contribution >= 0.6 is 0 Å². The van der Waals surface area contributed by atoms with E-state index in [0.29, 0.717) is 5.69 Å². The summed E-state index contributed by atoms with van der Waals surface area (Å²) in [5.74, 6) is -0.634. The first kappa shape index (κ1) is 14.4. The minimum absolute atomic E-state index is 0.0988. The molecule has 18 heavy (non-hydrogen) atoms. The summed E-state index contributed by atoms with van der Waals surface area (Å²) in [6, 6.07) is 5.61. The van der Waals surface area contributed by atoms with E-state index in [1.54, 1.807) is 0 Å². The molecule has 0 spiro atoms. The second-order valence-corrected chi connectivity index (χ2v) is 6.17. The first-order chi connectivity index (χ1) is 8.35. The molecule has 0 aliphatic heterocycles. The van der Waals surface area contributed by atoms with E-state index in [0.717, 1.165) is 10.4 Å². The molecule has 5 nitrogen and oxygen atoms in total. The minimum atomic E-state index is -3.28. The van der Waals surface area contributed by atoms with Crippen LogP contribution in [0.25, 0.3) is 0 Å². The summed E-state index contributed by atoms with van der Waals surface area (Å²) < 4.78 is 37.2. The number of anilines is 1. The van der Waals surface area contributed by atoms with Crippen molar-refractivity contribution in [1.29, 1.82) is 5.26 Å². The summed E-state index contributed by atoms with van der Waals surface area (Å²) in [6.45, 7) is 0.148. The van der Waals surface area contributed by atoms with Crippen LogP contribution in [-0.4, -0.2) is 39.1 Å². The van der Waals surface area contributed by atoms with E-state index in [9.17, 15) is 12.8 Å². The van der Waals surface area contributed by atoms with Crippen LogP contribution in [-0.2, 0) is 10.0 Å². The van der Waals surface area contributed by atoms with Gasteiger partial charge in [0.2, 0.25) is 10.0 Å². The molecule has 0 aromatic heterocycles. The maximum absolute atomic E-state index is 13.1. The van der Waals surface area contributed by atoms with Gasteiger partial charge >= 0.3 is 0 Å². The van der Waals surface area contributed by atoms with E-state index in [4.69, 9.17) is 5.26 Å².